The highest BCUT2D eigenvalue weighted by molar-refractivity contribution is 5.70. The monoisotopic (exact) mass is 541 g/mol. The molecule has 0 amide bonds. The number of halogens is 7. The van der Waals surface area contributed by atoms with Gasteiger partial charge in [-0.15, -0.1) is 0 Å². The van der Waals surface area contributed by atoms with Gasteiger partial charge in [0.1, 0.15) is 5.82 Å². The maximum atomic E-state index is 13.5. The first kappa shape index (κ1) is 29.5. The average Bonchev–Trinajstić information content (AvgIpc) is 2.84. The van der Waals surface area contributed by atoms with Crippen LogP contribution in [0.3, 0.4) is 0 Å². The van der Waals surface area contributed by atoms with Crippen LogP contribution in [0.15, 0.2) is 60.7 Å². The lowest BCUT2D eigenvalue weighted by atomic mass is 9.88. The summed E-state index contributed by atoms with van der Waals surface area (Å²) >= 11 is 0. The molecular weight excluding hydrogens is 511 g/mol. The Hall–Kier alpha value is -3.07. The van der Waals surface area contributed by atoms with Gasteiger partial charge in [0.05, 0.1) is 17.7 Å². The average molecular weight is 542 g/mol. The lowest BCUT2D eigenvalue weighted by Gasteiger charge is -2.22. The van der Waals surface area contributed by atoms with Crippen molar-refractivity contribution >= 4 is 5.69 Å². The third-order valence-electron chi connectivity index (χ3n) is 6.11. The summed E-state index contributed by atoms with van der Waals surface area (Å²) in [7, 11) is 0. The molecule has 0 saturated heterocycles. The second-order valence-corrected chi connectivity index (χ2v) is 9.56. The van der Waals surface area contributed by atoms with Gasteiger partial charge in [0.2, 0.25) is 0 Å². The van der Waals surface area contributed by atoms with E-state index in [1.807, 2.05) is 19.1 Å². The third-order valence-corrected chi connectivity index (χ3v) is 6.11. The summed E-state index contributed by atoms with van der Waals surface area (Å²) in [6.45, 7) is 6.68. The van der Waals surface area contributed by atoms with Gasteiger partial charge in [-0.05, 0) is 77.9 Å². The van der Waals surface area contributed by atoms with Gasteiger partial charge in [-0.3, -0.25) is 0 Å². The van der Waals surface area contributed by atoms with Crippen LogP contribution in [0.25, 0.3) is 11.1 Å². The standard InChI is InChI=1S/C29H30F7NO/c1-4-38-17-23(11-18(2)3)22-12-21(19-5-8-24(9-6-19)28(31,32)33)13-26(14-22)37-16-20-7-10-25(30)15-27(20)29(34,35)36/h5-10,12-15,18,23,37H,4,11,16-17H2,1-3H3. The Morgan fingerprint density at radius 3 is 2.08 bits per heavy atom. The highest BCUT2D eigenvalue weighted by Gasteiger charge is 2.33. The first-order valence-electron chi connectivity index (χ1n) is 12.3. The van der Waals surface area contributed by atoms with E-state index in [4.69, 9.17) is 4.74 Å². The van der Waals surface area contributed by atoms with E-state index in [2.05, 4.69) is 19.2 Å². The molecule has 1 N–H and O–H groups in total. The van der Waals surface area contributed by atoms with E-state index in [0.29, 0.717) is 42.0 Å². The summed E-state index contributed by atoms with van der Waals surface area (Å²) in [6, 6.07) is 12.6. The summed E-state index contributed by atoms with van der Waals surface area (Å²) in [5, 5.41) is 3.00. The second kappa shape index (κ2) is 12.2. The minimum atomic E-state index is -4.73. The molecule has 0 aliphatic carbocycles. The molecule has 0 saturated carbocycles. The number of hydrogen-bond donors (Lipinski definition) is 1. The zero-order valence-corrected chi connectivity index (χ0v) is 21.3. The van der Waals surface area contributed by atoms with E-state index in [-0.39, 0.29) is 18.0 Å². The fourth-order valence-electron chi connectivity index (χ4n) is 4.30. The van der Waals surface area contributed by atoms with Crippen LogP contribution in [0.5, 0.6) is 0 Å². The molecule has 2 nitrogen and oxygen atoms in total. The van der Waals surface area contributed by atoms with Crippen molar-refractivity contribution in [2.75, 3.05) is 18.5 Å². The highest BCUT2D eigenvalue weighted by atomic mass is 19.4. The van der Waals surface area contributed by atoms with E-state index in [1.54, 1.807) is 6.07 Å². The number of anilines is 1. The lowest BCUT2D eigenvalue weighted by Crippen LogP contribution is -2.13. The highest BCUT2D eigenvalue weighted by Crippen LogP contribution is 2.36. The Morgan fingerprint density at radius 1 is 0.816 bits per heavy atom. The molecule has 3 rings (SSSR count). The van der Waals surface area contributed by atoms with Crippen molar-refractivity contribution in [1.82, 2.24) is 0 Å². The molecule has 1 unspecified atom stereocenters. The van der Waals surface area contributed by atoms with E-state index < -0.39 is 29.3 Å². The second-order valence-electron chi connectivity index (χ2n) is 9.56. The molecule has 1 atom stereocenters. The molecule has 0 aliphatic heterocycles. The quantitative estimate of drug-likeness (QED) is 0.258. The van der Waals surface area contributed by atoms with Crippen LogP contribution in [-0.4, -0.2) is 13.2 Å². The molecule has 0 radical (unpaired) electrons. The summed E-state index contributed by atoms with van der Waals surface area (Å²) in [5.41, 5.74) is 0.495. The first-order chi connectivity index (χ1) is 17.8. The van der Waals surface area contributed by atoms with Crippen LogP contribution < -0.4 is 5.32 Å². The molecular formula is C29H30F7NO. The Kier molecular flexibility index (Phi) is 9.46. The summed E-state index contributed by atoms with van der Waals surface area (Å²) in [6.07, 6.45) is -8.43. The van der Waals surface area contributed by atoms with Gasteiger partial charge in [0, 0.05) is 24.8 Å². The van der Waals surface area contributed by atoms with Gasteiger partial charge in [-0.25, -0.2) is 4.39 Å². The Labute approximate surface area is 217 Å². The van der Waals surface area contributed by atoms with Gasteiger partial charge in [-0.1, -0.05) is 38.1 Å². The SMILES string of the molecule is CCOCC(CC(C)C)c1cc(NCc2ccc(F)cc2C(F)(F)F)cc(-c2ccc(C(F)(F)F)cc2)c1. The number of nitrogens with one attached hydrogen (secondary N) is 1. The topological polar surface area (TPSA) is 21.3 Å². The number of alkyl halides is 6. The van der Waals surface area contributed by atoms with Crippen LogP contribution in [0.2, 0.25) is 0 Å². The van der Waals surface area contributed by atoms with Crippen LogP contribution in [-0.2, 0) is 23.6 Å². The normalized spacial score (nSPS) is 13.1. The summed E-state index contributed by atoms with van der Waals surface area (Å²) < 4.78 is 98.9. The summed E-state index contributed by atoms with van der Waals surface area (Å²) in [5.74, 6) is -0.707. The number of ether oxygens (including phenoxy) is 1. The van der Waals surface area contributed by atoms with Crippen molar-refractivity contribution in [3.8, 4) is 11.1 Å². The van der Waals surface area contributed by atoms with Crippen LogP contribution in [0.4, 0.5) is 36.4 Å². The maximum absolute atomic E-state index is 13.5. The van der Waals surface area contributed by atoms with Gasteiger partial charge in [-0.2, -0.15) is 26.3 Å². The summed E-state index contributed by atoms with van der Waals surface area (Å²) in [4.78, 5) is 0. The van der Waals surface area contributed by atoms with Crippen molar-refractivity contribution in [3.63, 3.8) is 0 Å². The van der Waals surface area contributed by atoms with Crippen molar-refractivity contribution in [3.05, 3.63) is 88.7 Å². The molecule has 0 heterocycles. The van der Waals surface area contributed by atoms with Gasteiger partial charge in [0.25, 0.3) is 0 Å². The molecule has 38 heavy (non-hydrogen) atoms. The first-order valence-corrected chi connectivity index (χ1v) is 12.3. The Morgan fingerprint density at radius 2 is 1.50 bits per heavy atom. The van der Waals surface area contributed by atoms with Crippen molar-refractivity contribution in [1.29, 1.82) is 0 Å². The van der Waals surface area contributed by atoms with Crippen LogP contribution in [0.1, 0.15) is 55.4 Å². The molecule has 0 bridgehead atoms. The zero-order chi connectivity index (χ0) is 28.1. The molecule has 3 aromatic rings. The minimum absolute atomic E-state index is 0.0403. The lowest BCUT2D eigenvalue weighted by molar-refractivity contribution is -0.138. The number of hydrogen-bond acceptors (Lipinski definition) is 2. The smallest absolute Gasteiger partial charge is 0.381 e. The maximum Gasteiger partial charge on any atom is 0.416 e. The van der Waals surface area contributed by atoms with E-state index >= 15 is 0 Å². The molecule has 0 aliphatic rings. The van der Waals surface area contributed by atoms with Crippen LogP contribution in [0, 0.1) is 11.7 Å². The van der Waals surface area contributed by atoms with E-state index in [9.17, 15) is 30.7 Å². The largest absolute Gasteiger partial charge is 0.416 e. The van der Waals surface area contributed by atoms with Crippen LogP contribution >= 0.6 is 0 Å². The Bertz CT molecular complexity index is 1200. The number of rotatable bonds is 10. The van der Waals surface area contributed by atoms with Gasteiger partial charge >= 0.3 is 12.4 Å². The molecule has 206 valence electrons. The fraction of sp³-hybridized carbons (Fsp3) is 0.379. The molecule has 0 aromatic heterocycles. The van der Waals surface area contributed by atoms with E-state index in [0.717, 1.165) is 36.2 Å². The van der Waals surface area contributed by atoms with Crippen molar-refractivity contribution in [2.24, 2.45) is 5.92 Å². The van der Waals surface area contributed by atoms with Crippen molar-refractivity contribution < 1.29 is 35.5 Å². The zero-order valence-electron chi connectivity index (χ0n) is 21.3. The molecule has 0 fully saturated rings. The van der Waals surface area contributed by atoms with Gasteiger partial charge in [0.15, 0.2) is 0 Å². The molecule has 0 spiro atoms. The molecule has 9 heteroatoms. The fourth-order valence-corrected chi connectivity index (χ4v) is 4.30. The Balaban J connectivity index is 2.02. The number of benzene rings is 3. The van der Waals surface area contributed by atoms with Gasteiger partial charge < -0.3 is 10.1 Å². The predicted octanol–water partition coefficient (Wildman–Crippen LogP) is 9.31. The predicted molar refractivity (Wildman–Crippen MR) is 134 cm³/mol. The minimum Gasteiger partial charge on any atom is -0.381 e. The van der Waals surface area contributed by atoms with E-state index in [1.165, 1.54) is 12.1 Å². The third kappa shape index (κ3) is 7.96. The van der Waals surface area contributed by atoms with Crippen molar-refractivity contribution in [2.45, 2.75) is 52.0 Å². The molecule has 3 aromatic carbocycles.